The molecule has 0 unspecified atom stereocenters. The van der Waals surface area contributed by atoms with Gasteiger partial charge in [0, 0.05) is 12.6 Å². The van der Waals surface area contributed by atoms with E-state index >= 15 is 0 Å². The zero-order valence-electron chi connectivity index (χ0n) is 12.4. The van der Waals surface area contributed by atoms with E-state index < -0.39 is 0 Å². The summed E-state index contributed by atoms with van der Waals surface area (Å²) in [7, 11) is 1.87. The molecule has 0 amide bonds. The van der Waals surface area contributed by atoms with Crippen LogP contribution in [0, 0.1) is 11.3 Å². The van der Waals surface area contributed by atoms with Crippen LogP contribution >= 0.6 is 11.3 Å². The summed E-state index contributed by atoms with van der Waals surface area (Å²) in [6.07, 6.45) is 3.63. The van der Waals surface area contributed by atoms with Crippen LogP contribution in [0.4, 0.5) is 0 Å². The SMILES string of the molecule is Cn1nc(-c2ccc(C#N)cc2)sc1=N[C@@H]1CCCC[C@@H]1O. The van der Waals surface area contributed by atoms with E-state index in [4.69, 9.17) is 10.3 Å². The molecular weight excluding hydrogens is 296 g/mol. The summed E-state index contributed by atoms with van der Waals surface area (Å²) in [5, 5.41) is 24.3. The molecule has 1 aliphatic rings. The second kappa shape index (κ2) is 6.42. The van der Waals surface area contributed by atoms with E-state index in [-0.39, 0.29) is 12.1 Å². The van der Waals surface area contributed by atoms with Crippen LogP contribution in [0.1, 0.15) is 31.2 Å². The maximum atomic E-state index is 10.1. The Balaban J connectivity index is 1.91. The van der Waals surface area contributed by atoms with E-state index in [0.29, 0.717) is 5.56 Å². The number of nitriles is 1. The number of aromatic nitrogens is 2. The van der Waals surface area contributed by atoms with E-state index in [2.05, 4.69) is 11.2 Å². The van der Waals surface area contributed by atoms with Crippen molar-refractivity contribution < 1.29 is 5.11 Å². The fourth-order valence-corrected chi connectivity index (χ4v) is 3.60. The number of aliphatic hydroxyl groups excluding tert-OH is 1. The van der Waals surface area contributed by atoms with Gasteiger partial charge in [0.05, 0.1) is 23.8 Å². The Morgan fingerprint density at radius 2 is 2.05 bits per heavy atom. The first-order chi connectivity index (χ1) is 10.7. The van der Waals surface area contributed by atoms with Gasteiger partial charge in [-0.1, -0.05) is 36.3 Å². The molecule has 2 atom stereocenters. The highest BCUT2D eigenvalue weighted by molar-refractivity contribution is 7.12. The van der Waals surface area contributed by atoms with Crippen LogP contribution in [0.5, 0.6) is 0 Å². The molecule has 5 nitrogen and oxygen atoms in total. The highest BCUT2D eigenvalue weighted by atomic mass is 32.1. The van der Waals surface area contributed by atoms with Crippen molar-refractivity contribution in [2.75, 3.05) is 0 Å². The van der Waals surface area contributed by atoms with Gasteiger partial charge < -0.3 is 5.11 Å². The van der Waals surface area contributed by atoms with Gasteiger partial charge in [0.15, 0.2) is 0 Å². The normalized spacial score (nSPS) is 22.5. The van der Waals surface area contributed by atoms with Gasteiger partial charge in [0.1, 0.15) is 5.01 Å². The molecule has 1 saturated carbocycles. The van der Waals surface area contributed by atoms with Gasteiger partial charge in [-0.3, -0.25) is 4.99 Å². The lowest BCUT2D eigenvalue weighted by molar-refractivity contribution is 0.107. The molecule has 0 aliphatic heterocycles. The summed E-state index contributed by atoms with van der Waals surface area (Å²) in [6.45, 7) is 0. The molecule has 1 N–H and O–H groups in total. The lowest BCUT2D eigenvalue weighted by Crippen LogP contribution is -2.30. The summed E-state index contributed by atoms with van der Waals surface area (Å²) >= 11 is 1.51. The minimum absolute atomic E-state index is 0.0192. The highest BCUT2D eigenvalue weighted by Crippen LogP contribution is 2.22. The third kappa shape index (κ3) is 3.11. The van der Waals surface area contributed by atoms with Crippen LogP contribution in [-0.2, 0) is 7.05 Å². The van der Waals surface area contributed by atoms with Gasteiger partial charge >= 0.3 is 0 Å². The number of aryl methyl sites for hydroxylation is 1. The van der Waals surface area contributed by atoms with Crippen molar-refractivity contribution in [3.63, 3.8) is 0 Å². The number of hydrogen-bond donors (Lipinski definition) is 1. The number of nitrogens with zero attached hydrogens (tertiary/aromatic N) is 4. The molecule has 0 bridgehead atoms. The summed E-state index contributed by atoms with van der Waals surface area (Å²) in [5.74, 6) is 0. The molecule has 0 radical (unpaired) electrons. The lowest BCUT2D eigenvalue weighted by Gasteiger charge is -2.23. The van der Waals surface area contributed by atoms with Crippen molar-refractivity contribution in [3.05, 3.63) is 34.6 Å². The van der Waals surface area contributed by atoms with Gasteiger partial charge in [-0.15, -0.1) is 0 Å². The van der Waals surface area contributed by atoms with Crippen LogP contribution in [0.2, 0.25) is 0 Å². The van der Waals surface area contributed by atoms with E-state index in [1.807, 2.05) is 19.2 Å². The zero-order valence-corrected chi connectivity index (χ0v) is 13.3. The minimum Gasteiger partial charge on any atom is -0.391 e. The smallest absolute Gasteiger partial charge is 0.203 e. The van der Waals surface area contributed by atoms with Gasteiger partial charge in [-0.2, -0.15) is 10.4 Å². The molecule has 6 heteroatoms. The van der Waals surface area contributed by atoms with Crippen molar-refractivity contribution in [2.45, 2.75) is 37.8 Å². The Kier molecular flexibility index (Phi) is 4.36. The van der Waals surface area contributed by atoms with Crippen molar-refractivity contribution >= 4 is 11.3 Å². The van der Waals surface area contributed by atoms with Gasteiger partial charge in [0.2, 0.25) is 4.80 Å². The quantitative estimate of drug-likeness (QED) is 0.923. The van der Waals surface area contributed by atoms with Crippen molar-refractivity contribution in [1.29, 1.82) is 5.26 Å². The first-order valence-corrected chi connectivity index (χ1v) is 8.25. The largest absolute Gasteiger partial charge is 0.391 e. The Hall–Kier alpha value is -1.97. The number of aliphatic hydroxyl groups is 1. The summed E-state index contributed by atoms with van der Waals surface area (Å²) in [4.78, 5) is 5.52. The fraction of sp³-hybridized carbons (Fsp3) is 0.438. The molecule has 1 heterocycles. The van der Waals surface area contributed by atoms with Gasteiger partial charge in [-0.25, -0.2) is 4.68 Å². The Morgan fingerprint density at radius 3 is 2.73 bits per heavy atom. The third-order valence-corrected chi connectivity index (χ3v) is 5.00. The standard InChI is InChI=1S/C16H18N4OS/c1-20-16(18-13-4-2-3-5-14(13)21)22-15(19-20)12-8-6-11(10-17)7-9-12/h6-9,13-14,21H,2-5H2,1H3/t13-,14+/m1/s1. The topological polar surface area (TPSA) is 74.2 Å². The lowest BCUT2D eigenvalue weighted by atomic mass is 9.93. The van der Waals surface area contributed by atoms with Crippen LogP contribution in [0.25, 0.3) is 10.6 Å². The monoisotopic (exact) mass is 314 g/mol. The summed E-state index contributed by atoms with van der Waals surface area (Å²) < 4.78 is 1.76. The zero-order chi connectivity index (χ0) is 15.5. The van der Waals surface area contributed by atoms with Crippen LogP contribution < -0.4 is 4.80 Å². The number of benzene rings is 1. The molecule has 0 spiro atoms. The van der Waals surface area contributed by atoms with Crippen LogP contribution in [0.3, 0.4) is 0 Å². The molecule has 1 aliphatic carbocycles. The molecule has 2 aromatic rings. The predicted molar refractivity (Wildman–Crippen MR) is 85.1 cm³/mol. The first kappa shape index (κ1) is 14.9. The maximum Gasteiger partial charge on any atom is 0.203 e. The molecule has 1 aromatic carbocycles. The van der Waals surface area contributed by atoms with Gasteiger partial charge in [0.25, 0.3) is 0 Å². The molecule has 114 valence electrons. The molecule has 1 fully saturated rings. The van der Waals surface area contributed by atoms with Crippen LogP contribution in [-0.4, -0.2) is 27.0 Å². The third-order valence-electron chi connectivity index (χ3n) is 3.94. The van der Waals surface area contributed by atoms with E-state index in [1.165, 1.54) is 11.3 Å². The Bertz CT molecular complexity index is 754. The number of hydrogen-bond acceptors (Lipinski definition) is 5. The summed E-state index contributed by atoms with van der Waals surface area (Å²) in [5.41, 5.74) is 1.62. The minimum atomic E-state index is -0.339. The second-order valence-corrected chi connectivity index (χ2v) is 6.51. The van der Waals surface area contributed by atoms with Crippen molar-refractivity contribution in [3.8, 4) is 16.6 Å². The number of rotatable bonds is 2. The summed E-state index contributed by atoms with van der Waals surface area (Å²) in [6, 6.07) is 9.47. The molecule has 1 aromatic heterocycles. The predicted octanol–water partition coefficient (Wildman–Crippen LogP) is 2.22. The van der Waals surface area contributed by atoms with E-state index in [9.17, 15) is 5.11 Å². The van der Waals surface area contributed by atoms with Crippen molar-refractivity contribution in [1.82, 2.24) is 9.78 Å². The van der Waals surface area contributed by atoms with E-state index in [1.54, 1.807) is 16.8 Å². The Morgan fingerprint density at radius 1 is 1.32 bits per heavy atom. The molecular formula is C16H18N4OS. The highest BCUT2D eigenvalue weighted by Gasteiger charge is 2.22. The average Bonchev–Trinajstić information content (AvgIpc) is 2.91. The molecule has 0 saturated heterocycles. The molecule has 22 heavy (non-hydrogen) atoms. The Labute approximate surface area is 133 Å². The maximum absolute atomic E-state index is 10.1. The van der Waals surface area contributed by atoms with Crippen molar-refractivity contribution in [2.24, 2.45) is 12.0 Å². The average molecular weight is 314 g/mol. The fourth-order valence-electron chi connectivity index (χ4n) is 2.65. The van der Waals surface area contributed by atoms with Gasteiger partial charge in [-0.05, 0) is 25.0 Å². The van der Waals surface area contributed by atoms with E-state index in [0.717, 1.165) is 41.1 Å². The first-order valence-electron chi connectivity index (χ1n) is 7.44. The second-order valence-electron chi connectivity index (χ2n) is 5.55. The molecule has 3 rings (SSSR count). The van der Waals surface area contributed by atoms with Crippen LogP contribution in [0.15, 0.2) is 29.3 Å².